The van der Waals surface area contributed by atoms with Crippen molar-refractivity contribution in [2.45, 2.75) is 17.5 Å². The lowest BCUT2D eigenvalue weighted by Crippen LogP contribution is -2.41. The maximum atomic E-state index is 11.1. The van der Waals surface area contributed by atoms with Crippen LogP contribution in [0.25, 0.3) is 0 Å². The first-order valence-corrected chi connectivity index (χ1v) is 2.89. The second kappa shape index (κ2) is 2.47. The second-order valence-electron chi connectivity index (χ2n) is 1.35. The van der Waals surface area contributed by atoms with Crippen molar-refractivity contribution < 1.29 is 16.4 Å². The Labute approximate surface area is 68.0 Å². The Morgan fingerprint density at radius 3 is 3.22 bits per heavy atom. The van der Waals surface area contributed by atoms with Gasteiger partial charge in [0.2, 0.25) is 11.8 Å². The molecule has 1 unspecified atom stereocenters. The molecule has 0 aromatic heterocycles. The fraction of sp³-hybridized carbons (Fsp3) is 0.600. The molecule has 1 N–H and O–H groups in total. The summed E-state index contributed by atoms with van der Waals surface area (Å²) in [5, 5.41) is 1.59. The van der Waals surface area contributed by atoms with Crippen LogP contribution in [0.5, 0.6) is 0 Å². The number of amides is 2. The maximum absolute atomic E-state index is 11.1. The van der Waals surface area contributed by atoms with Crippen LogP contribution in [0.1, 0.15) is 19.6 Å². The van der Waals surface area contributed by atoms with Crippen molar-refractivity contribution in [3.63, 3.8) is 0 Å². The van der Waals surface area contributed by atoms with E-state index in [1.54, 1.807) is 5.32 Å². The molecule has 1 heterocycles. The molecule has 2 amide bonds. The normalized spacial score (nSPS) is 55.4. The Hall–Kier alpha value is -0.380. The molecule has 0 aliphatic carbocycles. The van der Waals surface area contributed by atoms with Crippen molar-refractivity contribution in [3.8, 4) is 0 Å². The SMILES string of the molecule is [2H]C1([2H])C(=O)NC(=O)C([2H])(Br)C1([2H])[2H]. The van der Waals surface area contributed by atoms with E-state index in [1.165, 1.54) is 0 Å². The van der Waals surface area contributed by atoms with Gasteiger partial charge in [-0.15, -0.1) is 0 Å². The first kappa shape index (κ1) is 2.70. The number of nitrogens with one attached hydrogen (secondary N) is 1. The van der Waals surface area contributed by atoms with Gasteiger partial charge in [-0.05, 0) is 6.37 Å². The monoisotopic (exact) mass is 196 g/mol. The molecule has 3 nitrogen and oxygen atoms in total. The Balaban J connectivity index is 3.31. The summed E-state index contributed by atoms with van der Waals surface area (Å²) in [6.07, 6.45) is -5.86. The van der Waals surface area contributed by atoms with E-state index in [0.29, 0.717) is 0 Å². The lowest BCUT2D eigenvalue weighted by Gasteiger charge is -2.14. The molecule has 1 saturated heterocycles. The van der Waals surface area contributed by atoms with E-state index in [4.69, 9.17) is 6.85 Å². The predicted octanol–water partition coefficient (Wildman–Crippen LogP) is 0.186. The molecule has 0 aromatic rings. The number of imide groups is 1. The third-order valence-electron chi connectivity index (χ3n) is 0.712. The highest BCUT2D eigenvalue weighted by Gasteiger charge is 2.23. The third-order valence-corrected chi connectivity index (χ3v) is 1.27. The second-order valence-corrected chi connectivity index (χ2v) is 2.14. The standard InChI is InChI=1S/C5H6BrNO2/c6-3-1-2-4(8)7-5(3)9/h3H,1-2H2,(H,7,8,9)/i1D2,2D2,3D. The van der Waals surface area contributed by atoms with Crippen LogP contribution in [0.2, 0.25) is 0 Å². The Morgan fingerprint density at radius 1 is 1.89 bits per heavy atom. The van der Waals surface area contributed by atoms with Crippen LogP contribution in [0.15, 0.2) is 0 Å². The van der Waals surface area contributed by atoms with Crippen LogP contribution in [0.3, 0.4) is 0 Å². The van der Waals surface area contributed by atoms with E-state index < -0.39 is 29.4 Å². The van der Waals surface area contributed by atoms with Gasteiger partial charge in [0.1, 0.15) is 0 Å². The van der Waals surface area contributed by atoms with E-state index in [2.05, 4.69) is 15.9 Å². The summed E-state index contributed by atoms with van der Waals surface area (Å²) in [6, 6.07) is 0. The van der Waals surface area contributed by atoms with E-state index in [9.17, 15) is 9.59 Å². The number of carbonyl (C=O) groups excluding carboxylic acids is 2. The molecule has 0 aromatic carbocycles. The zero-order valence-corrected chi connectivity index (χ0v) is 5.78. The quantitative estimate of drug-likeness (QED) is 0.445. The van der Waals surface area contributed by atoms with E-state index >= 15 is 0 Å². The number of hydrogen-bond donors (Lipinski definition) is 1. The Kier molecular flexibility index (Phi) is 0.741. The summed E-state index contributed by atoms with van der Waals surface area (Å²) >= 11 is 2.47. The van der Waals surface area contributed by atoms with Crippen LogP contribution in [-0.2, 0) is 9.59 Å². The molecule has 1 aliphatic rings. The minimum absolute atomic E-state index is 1.21. The number of piperidine rings is 1. The molecule has 0 bridgehead atoms. The molecule has 9 heavy (non-hydrogen) atoms. The van der Waals surface area contributed by atoms with Gasteiger partial charge >= 0.3 is 0 Å². The molecule has 0 radical (unpaired) electrons. The highest BCUT2D eigenvalue weighted by atomic mass is 79.9. The van der Waals surface area contributed by atoms with Crippen LogP contribution < -0.4 is 5.32 Å². The molecule has 1 rings (SSSR count). The molecule has 1 aliphatic heterocycles. The van der Waals surface area contributed by atoms with Gasteiger partial charge in [-0.3, -0.25) is 14.9 Å². The third kappa shape index (κ3) is 1.51. The molecule has 1 fully saturated rings. The van der Waals surface area contributed by atoms with Crippen molar-refractivity contribution in [3.05, 3.63) is 0 Å². The van der Waals surface area contributed by atoms with Crippen LogP contribution in [0.4, 0.5) is 0 Å². The maximum Gasteiger partial charge on any atom is 0.240 e. The summed E-state index contributed by atoms with van der Waals surface area (Å²) in [5.41, 5.74) is 0. The van der Waals surface area contributed by atoms with E-state index in [0.717, 1.165) is 0 Å². The summed E-state index contributed by atoms with van der Waals surface area (Å²) < 4.78 is 36.2. The van der Waals surface area contributed by atoms with Crippen molar-refractivity contribution >= 4 is 27.7 Å². The predicted molar refractivity (Wildman–Crippen MR) is 35.1 cm³/mol. The smallest absolute Gasteiger partial charge is 0.240 e. The zero-order chi connectivity index (χ0) is 11.4. The Morgan fingerprint density at radius 2 is 2.56 bits per heavy atom. The molecule has 0 spiro atoms. The first-order chi connectivity index (χ1) is 6.05. The summed E-state index contributed by atoms with van der Waals surface area (Å²) in [7, 11) is 0. The lowest BCUT2D eigenvalue weighted by atomic mass is 10.1. The van der Waals surface area contributed by atoms with Crippen molar-refractivity contribution in [1.29, 1.82) is 0 Å². The topological polar surface area (TPSA) is 46.2 Å². The number of hydrogen-bond acceptors (Lipinski definition) is 2. The molecule has 0 saturated carbocycles. The van der Waals surface area contributed by atoms with Gasteiger partial charge in [-0.1, -0.05) is 15.9 Å². The highest BCUT2D eigenvalue weighted by molar-refractivity contribution is 9.10. The minimum atomic E-state index is -2.93. The van der Waals surface area contributed by atoms with Gasteiger partial charge in [0.05, 0.1) is 6.17 Å². The molecule has 4 heteroatoms. The summed E-state index contributed by atoms with van der Waals surface area (Å²) in [6.45, 7) is 0. The largest absolute Gasteiger partial charge is 0.295 e. The summed E-state index contributed by atoms with van der Waals surface area (Å²) in [5.74, 6) is -2.57. The van der Waals surface area contributed by atoms with Crippen molar-refractivity contribution in [2.75, 3.05) is 0 Å². The average molecular weight is 197 g/mol. The van der Waals surface area contributed by atoms with Gasteiger partial charge in [-0.2, -0.15) is 0 Å². The molecular formula is C5H6BrNO2. The number of alkyl halides is 1. The van der Waals surface area contributed by atoms with Gasteiger partial charge in [0.25, 0.3) is 0 Å². The number of carbonyl (C=O) groups is 2. The van der Waals surface area contributed by atoms with E-state index in [-0.39, 0.29) is 0 Å². The zero-order valence-electron chi connectivity index (χ0n) is 9.19. The lowest BCUT2D eigenvalue weighted by molar-refractivity contribution is -0.132. The highest BCUT2D eigenvalue weighted by Crippen LogP contribution is 2.11. The van der Waals surface area contributed by atoms with Gasteiger partial charge in [0, 0.05) is 11.9 Å². The Bertz CT molecular complexity index is 287. The number of halogens is 1. The fourth-order valence-corrected chi connectivity index (χ4v) is 0.556. The molecular weight excluding hydrogens is 186 g/mol. The first-order valence-electron chi connectivity index (χ1n) is 4.60. The number of rotatable bonds is 0. The fourth-order valence-electron chi connectivity index (χ4n) is 0.358. The minimum Gasteiger partial charge on any atom is -0.295 e. The van der Waals surface area contributed by atoms with Gasteiger partial charge in [0.15, 0.2) is 0 Å². The molecule has 1 atom stereocenters. The summed E-state index contributed by atoms with van der Waals surface area (Å²) in [4.78, 5) is 19.5. The van der Waals surface area contributed by atoms with Crippen LogP contribution in [-0.4, -0.2) is 16.6 Å². The van der Waals surface area contributed by atoms with E-state index in [1.807, 2.05) is 0 Å². The van der Waals surface area contributed by atoms with Crippen molar-refractivity contribution in [2.24, 2.45) is 0 Å². The molecule has 50 valence electrons. The van der Waals surface area contributed by atoms with Gasteiger partial charge < -0.3 is 0 Å². The van der Waals surface area contributed by atoms with Gasteiger partial charge in [-0.25, -0.2) is 0 Å². The van der Waals surface area contributed by atoms with Crippen LogP contribution in [0, 0.1) is 0 Å². The average Bonchev–Trinajstić information content (AvgIpc) is 2.01. The van der Waals surface area contributed by atoms with Crippen molar-refractivity contribution in [1.82, 2.24) is 5.32 Å². The van der Waals surface area contributed by atoms with Crippen LogP contribution >= 0.6 is 15.9 Å².